The van der Waals surface area contributed by atoms with Crippen LogP contribution >= 0.6 is 11.9 Å². The summed E-state index contributed by atoms with van der Waals surface area (Å²) in [6, 6.07) is -2.82. The number of rotatable bonds is 11. The Morgan fingerprint density at radius 3 is 1.89 bits per heavy atom. The van der Waals surface area contributed by atoms with Gasteiger partial charge in [0.2, 0.25) is 18.1 Å². The Labute approximate surface area is 217 Å². The summed E-state index contributed by atoms with van der Waals surface area (Å²) < 4.78 is 28.0. The second-order valence-corrected chi connectivity index (χ2v) is 9.92. The van der Waals surface area contributed by atoms with Crippen LogP contribution in [0.2, 0.25) is 0 Å². The van der Waals surface area contributed by atoms with E-state index in [1.807, 2.05) is 0 Å². The van der Waals surface area contributed by atoms with E-state index >= 15 is 0 Å². The van der Waals surface area contributed by atoms with E-state index < -0.39 is 83.7 Å². The van der Waals surface area contributed by atoms with Crippen molar-refractivity contribution >= 4 is 47.6 Å². The van der Waals surface area contributed by atoms with Gasteiger partial charge in [0.15, 0.2) is 12.2 Å². The van der Waals surface area contributed by atoms with Gasteiger partial charge in [-0.25, -0.2) is 0 Å². The predicted octanol–water partition coefficient (Wildman–Crippen LogP) is -0.116. The van der Waals surface area contributed by atoms with Crippen LogP contribution in [0, 0.1) is 4.91 Å². The maximum atomic E-state index is 13.4. The van der Waals surface area contributed by atoms with E-state index in [0.717, 1.165) is 34.6 Å². The van der Waals surface area contributed by atoms with Crippen molar-refractivity contribution in [3.05, 3.63) is 4.91 Å². The largest absolute Gasteiger partial charge is 0.463 e. The molecule has 16 heteroatoms. The van der Waals surface area contributed by atoms with Crippen molar-refractivity contribution in [2.75, 3.05) is 6.61 Å². The molecule has 15 nitrogen and oxygen atoms in total. The first-order chi connectivity index (χ1) is 17.1. The molecule has 1 rings (SSSR count). The van der Waals surface area contributed by atoms with Crippen molar-refractivity contribution in [2.24, 2.45) is 4.58 Å². The van der Waals surface area contributed by atoms with E-state index in [0.29, 0.717) is 11.9 Å². The molecule has 6 atom stereocenters. The minimum Gasteiger partial charge on any atom is -0.463 e. The third-order valence-corrected chi connectivity index (χ3v) is 5.65. The van der Waals surface area contributed by atoms with Gasteiger partial charge in [0.05, 0.1) is 4.75 Å². The summed E-state index contributed by atoms with van der Waals surface area (Å²) in [4.78, 5) is 83.1. The lowest BCUT2D eigenvalue weighted by Crippen LogP contribution is -2.69. The Kier molecular flexibility index (Phi) is 11.9. The Balaban J connectivity index is 3.54. The summed E-state index contributed by atoms with van der Waals surface area (Å²) in [6.07, 6.45) is -5.80. The molecule has 208 valence electrons. The molecule has 0 aromatic carbocycles. The molecule has 0 aromatic rings. The number of nitrogens with zero attached hydrogens (tertiary/aromatic N) is 1. The van der Waals surface area contributed by atoms with Crippen LogP contribution in [0.25, 0.3) is 0 Å². The van der Waals surface area contributed by atoms with Gasteiger partial charge < -0.3 is 34.3 Å². The predicted molar refractivity (Wildman–Crippen MR) is 125 cm³/mol. The van der Waals surface area contributed by atoms with Gasteiger partial charge in [-0.15, -0.1) is 4.91 Å². The highest BCUT2D eigenvalue weighted by Gasteiger charge is 2.53. The van der Waals surface area contributed by atoms with Crippen LogP contribution in [0.3, 0.4) is 0 Å². The van der Waals surface area contributed by atoms with Crippen LogP contribution in [0.1, 0.15) is 48.5 Å². The van der Waals surface area contributed by atoms with Crippen LogP contribution in [0.5, 0.6) is 0 Å². The summed E-state index contributed by atoms with van der Waals surface area (Å²) in [5, 5.41) is 4.92. The topological polar surface area (TPSA) is 202 Å². The van der Waals surface area contributed by atoms with E-state index in [1.165, 1.54) is 13.8 Å². The molecule has 0 aromatic heterocycles. The number of amides is 2. The summed E-state index contributed by atoms with van der Waals surface area (Å²) in [6.45, 7) is 7.91. The van der Waals surface area contributed by atoms with Gasteiger partial charge in [-0.05, 0) is 13.8 Å². The average Bonchev–Trinajstić information content (AvgIpc) is 2.73. The SMILES string of the molecule is CC(=O)NC(C(=O)N[C@H]1C(OC(C)=O)[C@H](OC(C)=O)C(COC(C)=O)O[C@H]1OC(C)=O)C(C)(C)SN=O. The van der Waals surface area contributed by atoms with Crippen molar-refractivity contribution in [1.82, 2.24) is 10.6 Å². The molecule has 1 aliphatic rings. The first-order valence-corrected chi connectivity index (χ1v) is 11.7. The standard InChI is InChI=1S/C21H31N3O12S/c1-9(25)22-18(21(6,7)37-24-31)19(30)23-15-17(34-12(4)28)16(33-11(3)27)14(8-32-10(2)26)36-20(15)35-13(5)29/h14-18,20H,8H2,1-7H3,(H,22,25)(H,23,30)/t14?,15-,16+,17?,18?,20+/m0/s1. The molecule has 1 heterocycles. The molecule has 37 heavy (non-hydrogen) atoms. The smallest absolute Gasteiger partial charge is 0.305 e. The minimum atomic E-state index is -1.61. The number of carbonyl (C=O) groups is 6. The van der Waals surface area contributed by atoms with Gasteiger partial charge >= 0.3 is 23.9 Å². The van der Waals surface area contributed by atoms with Crippen molar-refractivity contribution in [2.45, 2.75) is 89.9 Å². The molecular weight excluding hydrogens is 518 g/mol. The molecule has 0 spiro atoms. The fourth-order valence-corrected chi connectivity index (χ4v) is 3.94. The quantitative estimate of drug-likeness (QED) is 0.150. The fraction of sp³-hybridized carbons (Fsp3) is 0.714. The number of nitrogens with one attached hydrogen (secondary N) is 2. The molecule has 1 aliphatic heterocycles. The number of esters is 4. The molecule has 0 aliphatic carbocycles. The van der Waals surface area contributed by atoms with Gasteiger partial charge in [-0.3, -0.25) is 28.8 Å². The zero-order valence-electron chi connectivity index (χ0n) is 21.4. The van der Waals surface area contributed by atoms with E-state index in [4.69, 9.17) is 23.7 Å². The van der Waals surface area contributed by atoms with Gasteiger partial charge in [0.1, 0.15) is 24.8 Å². The maximum Gasteiger partial charge on any atom is 0.305 e. The number of ether oxygens (including phenoxy) is 5. The number of hydrogen-bond acceptors (Lipinski definition) is 14. The fourth-order valence-electron chi connectivity index (χ4n) is 3.47. The van der Waals surface area contributed by atoms with Crippen molar-refractivity contribution in [1.29, 1.82) is 0 Å². The van der Waals surface area contributed by atoms with E-state index in [2.05, 4.69) is 15.2 Å². The molecule has 2 amide bonds. The molecule has 3 unspecified atom stereocenters. The second-order valence-electron chi connectivity index (χ2n) is 8.54. The minimum absolute atomic E-state index is 0.479. The number of nitroso groups, excluding NO2 is 1. The molecule has 0 bridgehead atoms. The normalized spacial score (nSPS) is 24.0. The summed E-state index contributed by atoms with van der Waals surface area (Å²) in [7, 11) is 0. The Bertz CT molecular complexity index is 911. The first kappa shape index (κ1) is 31.8. The molecule has 1 saturated heterocycles. The zero-order valence-corrected chi connectivity index (χ0v) is 22.2. The maximum absolute atomic E-state index is 13.4. The van der Waals surface area contributed by atoms with E-state index in [9.17, 15) is 33.7 Å². The van der Waals surface area contributed by atoms with Crippen molar-refractivity contribution in [3.63, 3.8) is 0 Å². The average molecular weight is 550 g/mol. The van der Waals surface area contributed by atoms with Gasteiger partial charge in [0, 0.05) is 51.1 Å². The van der Waals surface area contributed by atoms with Crippen LogP contribution in [0.15, 0.2) is 4.58 Å². The molecule has 0 radical (unpaired) electrons. The van der Waals surface area contributed by atoms with E-state index in [-0.39, 0.29) is 0 Å². The van der Waals surface area contributed by atoms with E-state index in [1.54, 1.807) is 0 Å². The van der Waals surface area contributed by atoms with Gasteiger partial charge in [-0.2, -0.15) is 0 Å². The highest BCUT2D eigenvalue weighted by molar-refractivity contribution is 7.99. The zero-order chi connectivity index (χ0) is 28.5. The van der Waals surface area contributed by atoms with Crippen LogP contribution in [-0.2, 0) is 52.5 Å². The third-order valence-electron chi connectivity index (χ3n) is 4.87. The summed E-state index contributed by atoms with van der Waals surface area (Å²) in [5.74, 6) is -4.71. The second kappa shape index (κ2) is 13.9. The Hall–Kier alpha value is -3.27. The Morgan fingerprint density at radius 2 is 1.43 bits per heavy atom. The summed E-state index contributed by atoms with van der Waals surface area (Å²) >= 11 is 0.490. The highest BCUT2D eigenvalue weighted by Crippen LogP contribution is 2.31. The lowest BCUT2D eigenvalue weighted by Gasteiger charge is -2.45. The van der Waals surface area contributed by atoms with Crippen LogP contribution in [0.4, 0.5) is 0 Å². The first-order valence-electron chi connectivity index (χ1n) is 11.0. The third kappa shape index (κ3) is 9.95. The number of hydrogen-bond donors (Lipinski definition) is 2. The molecule has 0 saturated carbocycles. The lowest BCUT2D eigenvalue weighted by molar-refractivity contribution is -0.271. The van der Waals surface area contributed by atoms with Crippen LogP contribution in [-0.4, -0.2) is 83.7 Å². The summed E-state index contributed by atoms with van der Waals surface area (Å²) in [5.41, 5.74) is 0. The number of carbonyl (C=O) groups excluding carboxylic acids is 6. The molecular formula is C21H31N3O12S. The lowest BCUT2D eigenvalue weighted by atomic mass is 9.94. The Morgan fingerprint density at radius 1 is 0.892 bits per heavy atom. The van der Waals surface area contributed by atoms with Gasteiger partial charge in [-0.1, -0.05) is 0 Å². The monoisotopic (exact) mass is 549 g/mol. The van der Waals surface area contributed by atoms with Crippen molar-refractivity contribution in [3.8, 4) is 0 Å². The molecule has 1 fully saturated rings. The highest BCUT2D eigenvalue weighted by atomic mass is 32.2. The van der Waals surface area contributed by atoms with Crippen LogP contribution < -0.4 is 10.6 Å². The molecule has 2 N–H and O–H groups in total. The van der Waals surface area contributed by atoms with Gasteiger partial charge in [0.25, 0.3) is 0 Å². The van der Waals surface area contributed by atoms with Crippen molar-refractivity contribution < 1.29 is 52.5 Å².